The quantitative estimate of drug-likeness (QED) is 0.554. The summed E-state index contributed by atoms with van der Waals surface area (Å²) in [6.07, 6.45) is 7.88. The lowest BCUT2D eigenvalue weighted by atomic mass is 9.96. The van der Waals surface area contributed by atoms with E-state index in [4.69, 9.17) is 4.98 Å². The van der Waals surface area contributed by atoms with Crippen LogP contribution < -0.4 is 10.6 Å². The van der Waals surface area contributed by atoms with Gasteiger partial charge in [0.2, 0.25) is 11.9 Å². The first-order chi connectivity index (χ1) is 13.6. The van der Waals surface area contributed by atoms with Crippen LogP contribution in [-0.2, 0) is 6.54 Å². The molecule has 4 rings (SSSR count). The Morgan fingerprint density at radius 1 is 1.14 bits per heavy atom. The molecule has 6 nitrogen and oxygen atoms in total. The summed E-state index contributed by atoms with van der Waals surface area (Å²) in [5, 5.41) is 6.60. The number of benzene rings is 1. The van der Waals surface area contributed by atoms with Gasteiger partial charge in [-0.3, -0.25) is 4.57 Å². The maximum Gasteiger partial charge on any atom is 0.224 e. The van der Waals surface area contributed by atoms with Crippen LogP contribution in [0.3, 0.4) is 0 Å². The van der Waals surface area contributed by atoms with E-state index < -0.39 is 0 Å². The van der Waals surface area contributed by atoms with Crippen molar-refractivity contribution in [3.63, 3.8) is 0 Å². The molecule has 0 amide bonds. The highest BCUT2D eigenvalue weighted by Crippen LogP contribution is 2.26. The average molecular weight is 399 g/mol. The molecule has 1 aromatic carbocycles. The second-order valence-corrected chi connectivity index (χ2v) is 7.93. The number of hydrogen-bond donors (Lipinski definition) is 2. The molecule has 2 N–H and O–H groups in total. The normalized spacial score (nSPS) is 14.8. The first-order valence-corrected chi connectivity index (χ1v) is 10.1. The van der Waals surface area contributed by atoms with Crippen LogP contribution in [0, 0.1) is 11.7 Å². The molecule has 0 atom stereocenters. The van der Waals surface area contributed by atoms with Gasteiger partial charge in [-0.25, -0.2) is 14.4 Å². The number of nitrogens with zero attached hydrogens (tertiary/aromatic N) is 4. The average Bonchev–Trinajstić information content (AvgIpc) is 3.01. The van der Waals surface area contributed by atoms with Crippen LogP contribution in [0.2, 0.25) is 0 Å². The highest BCUT2D eigenvalue weighted by atomic mass is 19.1. The molecule has 0 unspecified atom stereocenters. The molecule has 0 bridgehead atoms. The van der Waals surface area contributed by atoms with Gasteiger partial charge in [-0.05, 0) is 30.9 Å². The monoisotopic (exact) mass is 398 g/mol. The van der Waals surface area contributed by atoms with Crippen molar-refractivity contribution < 1.29 is 4.39 Å². The topological polar surface area (TPSA) is 67.7 Å². The third kappa shape index (κ3) is 4.83. The van der Waals surface area contributed by atoms with Crippen LogP contribution in [0.25, 0.3) is 11.2 Å². The van der Waals surface area contributed by atoms with E-state index in [1.807, 2.05) is 4.57 Å². The summed E-state index contributed by atoms with van der Waals surface area (Å²) < 4.78 is 16.1. The number of halogens is 1. The highest BCUT2D eigenvalue weighted by molar-refractivity contribution is 5.76. The molecular formula is C22H31FN6. The molecule has 156 valence electrons. The molecule has 3 aromatic rings. The fourth-order valence-electron chi connectivity index (χ4n) is 3.73. The van der Waals surface area contributed by atoms with Crippen molar-refractivity contribution >= 4 is 28.7 Å². The van der Waals surface area contributed by atoms with Gasteiger partial charge >= 0.3 is 0 Å². The molecule has 1 fully saturated rings. The van der Waals surface area contributed by atoms with E-state index in [1.165, 1.54) is 25.3 Å². The van der Waals surface area contributed by atoms with E-state index in [9.17, 15) is 4.39 Å². The van der Waals surface area contributed by atoms with Crippen LogP contribution in [0.1, 0.15) is 53.4 Å². The van der Waals surface area contributed by atoms with Crippen LogP contribution >= 0.6 is 0 Å². The van der Waals surface area contributed by atoms with E-state index in [0.29, 0.717) is 35.1 Å². The summed E-state index contributed by atoms with van der Waals surface area (Å²) in [6, 6.07) is 7.04. The number of aromatic nitrogens is 4. The maximum absolute atomic E-state index is 14.1. The van der Waals surface area contributed by atoms with Gasteiger partial charge in [0.15, 0.2) is 5.65 Å². The molecule has 0 spiro atoms. The fourth-order valence-corrected chi connectivity index (χ4v) is 3.73. The van der Waals surface area contributed by atoms with Crippen molar-refractivity contribution in [3.05, 3.63) is 36.3 Å². The number of anilines is 3. The van der Waals surface area contributed by atoms with Gasteiger partial charge in [0, 0.05) is 12.6 Å². The molecule has 2 aromatic heterocycles. The molecule has 1 aliphatic rings. The predicted molar refractivity (Wildman–Crippen MR) is 117 cm³/mol. The maximum atomic E-state index is 14.1. The molecule has 1 saturated carbocycles. The number of rotatable bonds is 6. The number of nitrogens with one attached hydrogen (secondary N) is 2. The van der Waals surface area contributed by atoms with Crippen LogP contribution in [0.15, 0.2) is 30.5 Å². The van der Waals surface area contributed by atoms with Gasteiger partial charge in [-0.1, -0.05) is 52.7 Å². The Balaban J connectivity index is 0.00000240. The number of para-hydroxylation sites is 1. The van der Waals surface area contributed by atoms with Crippen molar-refractivity contribution in [2.45, 2.75) is 66.0 Å². The predicted octanol–water partition coefficient (Wildman–Crippen LogP) is 5.75. The second-order valence-electron chi connectivity index (χ2n) is 7.93. The SMILES string of the molecule is C.CC(C)Cn1c(Nc2ccccc2F)nc2cnc(NC3CCCCC3)nc21. The molecule has 0 radical (unpaired) electrons. The van der Waals surface area contributed by atoms with Crippen LogP contribution in [0.4, 0.5) is 22.0 Å². The van der Waals surface area contributed by atoms with Gasteiger partial charge in [-0.2, -0.15) is 4.98 Å². The van der Waals surface area contributed by atoms with E-state index in [0.717, 1.165) is 25.0 Å². The van der Waals surface area contributed by atoms with Crippen molar-refractivity contribution in [1.82, 2.24) is 19.5 Å². The standard InChI is InChI=1S/C21H27FN6.CH4/c1-14(2)13-28-19-18(26-21(28)25-17-11-7-6-10-16(17)22)12-23-20(27-19)24-15-8-4-3-5-9-15;/h6-7,10-12,14-15H,3-5,8-9,13H2,1-2H3,(H,25,26)(H,23,24,27);1H4. The van der Waals surface area contributed by atoms with Crippen molar-refractivity contribution in [2.24, 2.45) is 5.92 Å². The summed E-state index contributed by atoms with van der Waals surface area (Å²) in [6.45, 7) is 5.01. The lowest BCUT2D eigenvalue weighted by Crippen LogP contribution is -2.23. The molecule has 0 saturated heterocycles. The first kappa shape index (κ1) is 21.0. The Morgan fingerprint density at radius 2 is 1.90 bits per heavy atom. The van der Waals surface area contributed by atoms with Gasteiger partial charge < -0.3 is 10.6 Å². The number of fused-ring (bicyclic) bond motifs is 1. The summed E-state index contributed by atoms with van der Waals surface area (Å²) >= 11 is 0. The Labute approximate surface area is 172 Å². The Kier molecular flexibility index (Phi) is 6.67. The van der Waals surface area contributed by atoms with E-state index in [1.54, 1.807) is 24.4 Å². The molecule has 29 heavy (non-hydrogen) atoms. The molecule has 7 heteroatoms. The van der Waals surface area contributed by atoms with Crippen molar-refractivity contribution in [2.75, 3.05) is 10.6 Å². The number of imidazole rings is 1. The molecular weight excluding hydrogens is 367 g/mol. The Bertz CT molecular complexity index is 946. The number of hydrogen-bond acceptors (Lipinski definition) is 5. The third-order valence-corrected chi connectivity index (χ3v) is 5.09. The highest BCUT2D eigenvalue weighted by Gasteiger charge is 2.18. The van der Waals surface area contributed by atoms with Gasteiger partial charge in [-0.15, -0.1) is 0 Å². The molecule has 2 heterocycles. The van der Waals surface area contributed by atoms with Gasteiger partial charge in [0.1, 0.15) is 11.3 Å². The minimum absolute atomic E-state index is 0. The van der Waals surface area contributed by atoms with E-state index in [-0.39, 0.29) is 13.2 Å². The zero-order chi connectivity index (χ0) is 19.5. The minimum Gasteiger partial charge on any atom is -0.351 e. The van der Waals surface area contributed by atoms with E-state index in [2.05, 4.69) is 34.4 Å². The third-order valence-electron chi connectivity index (χ3n) is 5.09. The molecule has 1 aliphatic carbocycles. The van der Waals surface area contributed by atoms with E-state index >= 15 is 0 Å². The van der Waals surface area contributed by atoms with Crippen LogP contribution in [0.5, 0.6) is 0 Å². The lowest BCUT2D eigenvalue weighted by molar-refractivity contribution is 0.461. The summed E-state index contributed by atoms with van der Waals surface area (Å²) in [4.78, 5) is 13.8. The largest absolute Gasteiger partial charge is 0.351 e. The van der Waals surface area contributed by atoms with Crippen LogP contribution in [-0.4, -0.2) is 25.6 Å². The second kappa shape index (κ2) is 9.20. The Morgan fingerprint density at radius 3 is 2.62 bits per heavy atom. The minimum atomic E-state index is -0.309. The zero-order valence-electron chi connectivity index (χ0n) is 16.5. The summed E-state index contributed by atoms with van der Waals surface area (Å²) in [5.74, 6) is 1.30. The Hall–Kier alpha value is -2.70. The zero-order valence-corrected chi connectivity index (χ0v) is 16.5. The molecule has 0 aliphatic heterocycles. The first-order valence-electron chi connectivity index (χ1n) is 10.1. The lowest BCUT2D eigenvalue weighted by Gasteiger charge is -2.22. The van der Waals surface area contributed by atoms with Gasteiger partial charge in [0.05, 0.1) is 11.9 Å². The van der Waals surface area contributed by atoms with Crippen molar-refractivity contribution in [3.8, 4) is 0 Å². The summed E-state index contributed by atoms with van der Waals surface area (Å²) in [5.41, 5.74) is 1.87. The summed E-state index contributed by atoms with van der Waals surface area (Å²) in [7, 11) is 0. The fraction of sp³-hybridized carbons (Fsp3) is 0.500. The van der Waals surface area contributed by atoms with Crippen molar-refractivity contribution in [1.29, 1.82) is 0 Å². The smallest absolute Gasteiger partial charge is 0.224 e. The van der Waals surface area contributed by atoms with Gasteiger partial charge in [0.25, 0.3) is 0 Å².